The number of nitriles is 1. The maximum atomic E-state index is 11.8. The van der Waals surface area contributed by atoms with Crippen LogP contribution in [0.3, 0.4) is 0 Å². The number of alkyl halides is 1. The summed E-state index contributed by atoms with van der Waals surface area (Å²) in [7, 11) is 0. The van der Waals surface area contributed by atoms with Crippen LogP contribution in [-0.4, -0.2) is 27.3 Å². The van der Waals surface area contributed by atoms with Crippen molar-refractivity contribution < 1.29 is 19.8 Å². The Hall–Kier alpha value is -1.71. The zero-order chi connectivity index (χ0) is 13.7. The first-order valence-electron chi connectivity index (χ1n) is 5.05. The average molecular weight is 312 g/mol. The number of Topliss-reactive ketones (excluding diaryl/α,β-unsaturated/α-hetero) is 1. The molecule has 94 valence electrons. The Labute approximate surface area is 112 Å². The number of aliphatic carboxylic acids is 1. The quantitative estimate of drug-likeness (QED) is 0.636. The molecule has 1 unspecified atom stereocenters. The van der Waals surface area contributed by atoms with Crippen LogP contribution in [0.15, 0.2) is 18.2 Å². The number of hydrogen-bond acceptors (Lipinski definition) is 4. The van der Waals surface area contributed by atoms with Crippen molar-refractivity contribution in [3.63, 3.8) is 0 Å². The van der Waals surface area contributed by atoms with Crippen LogP contribution in [0.5, 0.6) is 0 Å². The van der Waals surface area contributed by atoms with Crippen molar-refractivity contribution in [1.82, 2.24) is 0 Å². The van der Waals surface area contributed by atoms with Crippen LogP contribution in [0.4, 0.5) is 0 Å². The van der Waals surface area contributed by atoms with Crippen LogP contribution in [0.2, 0.25) is 0 Å². The normalized spacial score (nSPS) is 11.6. The van der Waals surface area contributed by atoms with E-state index in [1.807, 2.05) is 6.07 Å². The monoisotopic (exact) mass is 311 g/mol. The highest BCUT2D eigenvalue weighted by Crippen LogP contribution is 2.22. The Kier molecular flexibility index (Phi) is 5.01. The minimum Gasteiger partial charge on any atom is -0.479 e. The Balaban J connectivity index is 3.29. The number of aliphatic hydroxyl groups excluding tert-OH is 1. The highest BCUT2D eigenvalue weighted by Gasteiger charge is 2.22. The molecule has 0 aliphatic carbocycles. The fourth-order valence-electron chi connectivity index (χ4n) is 1.47. The predicted octanol–water partition coefficient (Wildman–Crippen LogP) is 1.64. The van der Waals surface area contributed by atoms with E-state index < -0.39 is 12.1 Å². The molecule has 0 amide bonds. The molecule has 0 aromatic heterocycles. The van der Waals surface area contributed by atoms with Crippen LogP contribution in [0.25, 0.3) is 0 Å². The average Bonchev–Trinajstić information content (AvgIpc) is 2.37. The number of benzene rings is 1. The van der Waals surface area contributed by atoms with E-state index in [9.17, 15) is 14.7 Å². The molecule has 0 spiro atoms. The molecule has 0 fully saturated rings. The first-order valence-corrected chi connectivity index (χ1v) is 6.17. The Morgan fingerprint density at radius 1 is 1.44 bits per heavy atom. The van der Waals surface area contributed by atoms with E-state index >= 15 is 0 Å². The minimum atomic E-state index is -1.81. The third-order valence-corrected chi connectivity index (χ3v) is 2.73. The molecule has 5 nitrogen and oxygen atoms in total. The van der Waals surface area contributed by atoms with Gasteiger partial charge in [0.2, 0.25) is 0 Å². The lowest BCUT2D eigenvalue weighted by atomic mass is 9.96. The van der Waals surface area contributed by atoms with E-state index in [1.54, 1.807) is 0 Å². The summed E-state index contributed by atoms with van der Waals surface area (Å²) in [6.07, 6.45) is -1.63. The predicted molar refractivity (Wildman–Crippen MR) is 66.5 cm³/mol. The van der Waals surface area contributed by atoms with Gasteiger partial charge in [0, 0.05) is 22.9 Å². The summed E-state index contributed by atoms with van der Waals surface area (Å²) in [5.41, 5.74) is 0.275. The number of carbonyl (C=O) groups is 2. The lowest BCUT2D eigenvalue weighted by Crippen LogP contribution is -2.15. The second-order valence-corrected chi connectivity index (χ2v) is 4.31. The van der Waals surface area contributed by atoms with Gasteiger partial charge in [-0.05, 0) is 18.2 Å². The molecule has 18 heavy (non-hydrogen) atoms. The van der Waals surface area contributed by atoms with Gasteiger partial charge in [0.05, 0.1) is 11.6 Å². The van der Waals surface area contributed by atoms with Crippen molar-refractivity contribution in [2.45, 2.75) is 12.5 Å². The summed E-state index contributed by atoms with van der Waals surface area (Å²) in [4.78, 5) is 22.6. The number of carboxylic acid groups (broad SMARTS) is 1. The number of rotatable bonds is 5. The van der Waals surface area contributed by atoms with Gasteiger partial charge in [0.1, 0.15) is 0 Å². The number of carbonyl (C=O) groups excluding carboxylic acids is 1. The summed E-state index contributed by atoms with van der Waals surface area (Å²) in [6.45, 7) is 0. The molecule has 0 saturated carbocycles. The van der Waals surface area contributed by atoms with Gasteiger partial charge in [-0.1, -0.05) is 15.9 Å². The summed E-state index contributed by atoms with van der Waals surface area (Å²) in [6, 6.07) is 5.84. The lowest BCUT2D eigenvalue weighted by molar-refractivity contribution is -0.146. The summed E-state index contributed by atoms with van der Waals surface area (Å²) >= 11 is 3.11. The number of carboxylic acids is 1. The first kappa shape index (κ1) is 14.4. The van der Waals surface area contributed by atoms with E-state index in [1.165, 1.54) is 18.2 Å². The molecule has 0 heterocycles. The van der Waals surface area contributed by atoms with Gasteiger partial charge in [-0.2, -0.15) is 5.26 Å². The topological polar surface area (TPSA) is 98.4 Å². The van der Waals surface area contributed by atoms with Gasteiger partial charge in [-0.15, -0.1) is 0 Å². The molecular formula is C12H10BrNO4. The lowest BCUT2D eigenvalue weighted by Gasteiger charge is -2.11. The van der Waals surface area contributed by atoms with Gasteiger partial charge < -0.3 is 10.2 Å². The smallest absolute Gasteiger partial charge is 0.337 e. The molecule has 0 aliphatic heterocycles. The molecule has 1 rings (SSSR count). The Morgan fingerprint density at radius 2 is 2.11 bits per heavy atom. The molecule has 0 saturated heterocycles. The summed E-state index contributed by atoms with van der Waals surface area (Å²) < 4.78 is 0. The van der Waals surface area contributed by atoms with Crippen molar-refractivity contribution in [2.75, 3.05) is 5.33 Å². The van der Waals surface area contributed by atoms with Crippen molar-refractivity contribution >= 4 is 27.7 Å². The van der Waals surface area contributed by atoms with E-state index in [-0.39, 0.29) is 28.9 Å². The van der Waals surface area contributed by atoms with Crippen LogP contribution >= 0.6 is 15.9 Å². The van der Waals surface area contributed by atoms with Crippen molar-refractivity contribution in [3.05, 3.63) is 34.9 Å². The third kappa shape index (κ3) is 3.15. The molecule has 0 aliphatic rings. The number of nitrogens with zero attached hydrogens (tertiary/aromatic N) is 1. The van der Waals surface area contributed by atoms with Crippen LogP contribution in [-0.2, 0) is 4.79 Å². The van der Waals surface area contributed by atoms with Crippen molar-refractivity contribution in [2.24, 2.45) is 0 Å². The molecular weight excluding hydrogens is 302 g/mol. The molecule has 0 radical (unpaired) electrons. The zero-order valence-electron chi connectivity index (χ0n) is 9.26. The zero-order valence-corrected chi connectivity index (χ0v) is 10.8. The van der Waals surface area contributed by atoms with E-state index in [0.29, 0.717) is 5.33 Å². The largest absolute Gasteiger partial charge is 0.479 e. The Bertz CT molecular complexity index is 521. The summed E-state index contributed by atoms with van der Waals surface area (Å²) in [5.74, 6) is -1.75. The van der Waals surface area contributed by atoms with E-state index in [2.05, 4.69) is 15.9 Å². The summed E-state index contributed by atoms with van der Waals surface area (Å²) in [5, 5.41) is 27.5. The third-order valence-electron chi connectivity index (χ3n) is 2.33. The van der Waals surface area contributed by atoms with Crippen molar-refractivity contribution in [1.29, 1.82) is 5.26 Å². The number of hydrogen-bond donors (Lipinski definition) is 2. The number of ketones is 1. The maximum absolute atomic E-state index is 11.8. The molecule has 1 aromatic carbocycles. The molecule has 1 aromatic rings. The van der Waals surface area contributed by atoms with Gasteiger partial charge >= 0.3 is 5.97 Å². The van der Waals surface area contributed by atoms with Gasteiger partial charge in [-0.25, -0.2) is 4.79 Å². The van der Waals surface area contributed by atoms with Gasteiger partial charge in [0.25, 0.3) is 0 Å². The standard InChI is InChI=1S/C12H10BrNO4/c13-4-3-10(15)8-2-1-7(6-14)5-9(8)11(16)12(17)18/h1-2,5,11,16H,3-4H2,(H,17,18). The van der Waals surface area contributed by atoms with E-state index in [4.69, 9.17) is 10.4 Å². The van der Waals surface area contributed by atoms with E-state index in [0.717, 1.165) is 0 Å². The highest BCUT2D eigenvalue weighted by molar-refractivity contribution is 9.09. The second-order valence-electron chi connectivity index (χ2n) is 3.52. The van der Waals surface area contributed by atoms with Crippen LogP contribution in [0.1, 0.15) is 34.0 Å². The fourth-order valence-corrected chi connectivity index (χ4v) is 1.83. The second kappa shape index (κ2) is 6.28. The SMILES string of the molecule is N#Cc1ccc(C(=O)CCBr)c(C(O)C(=O)O)c1. The van der Waals surface area contributed by atoms with Crippen LogP contribution in [0, 0.1) is 11.3 Å². The van der Waals surface area contributed by atoms with Crippen molar-refractivity contribution in [3.8, 4) is 6.07 Å². The molecule has 0 bridgehead atoms. The highest BCUT2D eigenvalue weighted by atomic mass is 79.9. The minimum absolute atomic E-state index is 0.0486. The first-order chi connectivity index (χ1) is 8.51. The number of halogens is 1. The van der Waals surface area contributed by atoms with Gasteiger partial charge in [0.15, 0.2) is 11.9 Å². The molecule has 2 N–H and O–H groups in total. The Morgan fingerprint density at radius 3 is 2.61 bits per heavy atom. The maximum Gasteiger partial charge on any atom is 0.337 e. The molecule has 6 heteroatoms. The molecule has 1 atom stereocenters. The van der Waals surface area contributed by atoms with Gasteiger partial charge in [-0.3, -0.25) is 4.79 Å². The number of aliphatic hydroxyl groups is 1. The fraction of sp³-hybridized carbons (Fsp3) is 0.250. The van der Waals surface area contributed by atoms with Crippen LogP contribution < -0.4 is 0 Å².